The van der Waals surface area contributed by atoms with Crippen molar-refractivity contribution in [3.05, 3.63) is 46.2 Å². The highest BCUT2D eigenvalue weighted by molar-refractivity contribution is 6.31. The second-order valence-electron chi connectivity index (χ2n) is 9.68. The summed E-state index contributed by atoms with van der Waals surface area (Å²) < 4.78 is 5.34. The van der Waals surface area contributed by atoms with Crippen LogP contribution >= 0.6 is 11.6 Å². The maximum atomic E-state index is 12.7. The summed E-state index contributed by atoms with van der Waals surface area (Å²) in [6.45, 7) is 5.38. The number of nitrogens with one attached hydrogen (secondary N) is 2. The quantitative estimate of drug-likeness (QED) is 0.216. The summed E-state index contributed by atoms with van der Waals surface area (Å²) >= 11 is 5.80. The number of nitrogens with zero attached hydrogens (tertiary/aromatic N) is 3. The molecule has 0 bridgehead atoms. The van der Waals surface area contributed by atoms with Crippen molar-refractivity contribution in [2.45, 2.75) is 64.1 Å². The number of halogens is 1. The Labute approximate surface area is 219 Å². The smallest absolute Gasteiger partial charge is 0.338 e. The number of hydrogen-bond acceptors (Lipinski definition) is 8. The lowest BCUT2D eigenvalue weighted by molar-refractivity contribution is 0.00692. The number of rotatable bonds is 5. The van der Waals surface area contributed by atoms with Gasteiger partial charge >= 0.3 is 11.9 Å². The molecule has 0 unspecified atom stereocenters. The molecule has 3 rings (SSSR count). The maximum Gasteiger partial charge on any atom is 0.338 e. The summed E-state index contributed by atoms with van der Waals surface area (Å²) in [5.74, 6) is -1.83. The highest BCUT2D eigenvalue weighted by Gasteiger charge is 2.24. The van der Waals surface area contributed by atoms with Crippen LogP contribution in [0.25, 0.3) is 0 Å². The van der Waals surface area contributed by atoms with Crippen molar-refractivity contribution in [2.75, 3.05) is 11.5 Å². The number of benzene rings is 1. The summed E-state index contributed by atoms with van der Waals surface area (Å²) in [5.41, 5.74) is 17.1. The largest absolute Gasteiger partial charge is 0.456 e. The summed E-state index contributed by atoms with van der Waals surface area (Å²) in [5, 5.41) is 5.87. The summed E-state index contributed by atoms with van der Waals surface area (Å²) in [4.78, 5) is 48.5. The minimum Gasteiger partial charge on any atom is -0.456 e. The SMILES string of the molecule is CC(C)(C)OC(=O)c1ccc(C(=O)N[C@H]2CC[C@H](N/C(N)=N/C(=O)c3nc(Cl)c(N)nc3N)CC2)cc1. The van der Waals surface area contributed by atoms with Crippen molar-refractivity contribution in [3.8, 4) is 0 Å². The van der Waals surface area contributed by atoms with Gasteiger partial charge in [-0.3, -0.25) is 9.59 Å². The van der Waals surface area contributed by atoms with Crippen LogP contribution in [0.4, 0.5) is 11.6 Å². The Morgan fingerprint density at radius 3 is 2.05 bits per heavy atom. The van der Waals surface area contributed by atoms with Crippen molar-refractivity contribution in [2.24, 2.45) is 10.7 Å². The Kier molecular flexibility index (Phi) is 8.53. The number of ether oxygens (including phenoxy) is 1. The number of amides is 2. The number of nitrogen functional groups attached to an aromatic ring is 2. The van der Waals surface area contributed by atoms with Crippen molar-refractivity contribution in [3.63, 3.8) is 0 Å². The van der Waals surface area contributed by atoms with E-state index in [1.165, 1.54) is 0 Å². The van der Waals surface area contributed by atoms with Gasteiger partial charge in [0.1, 0.15) is 5.60 Å². The molecule has 1 aliphatic rings. The van der Waals surface area contributed by atoms with Crippen molar-refractivity contribution in [1.29, 1.82) is 0 Å². The van der Waals surface area contributed by atoms with Gasteiger partial charge in [-0.25, -0.2) is 14.8 Å². The third-order valence-electron chi connectivity index (χ3n) is 5.53. The molecule has 0 radical (unpaired) electrons. The Hall–Kier alpha value is -3.93. The fraction of sp³-hybridized carbons (Fsp3) is 0.417. The molecule has 2 aromatic rings. The fourth-order valence-electron chi connectivity index (χ4n) is 3.75. The maximum absolute atomic E-state index is 12.7. The fourth-order valence-corrected chi connectivity index (χ4v) is 3.87. The highest BCUT2D eigenvalue weighted by atomic mass is 35.5. The molecular formula is C24H31ClN8O4. The van der Waals surface area contributed by atoms with Crippen molar-refractivity contribution < 1.29 is 19.1 Å². The first-order valence-electron chi connectivity index (χ1n) is 11.7. The number of nitrogens with two attached hydrogens (primary N) is 3. The van der Waals surface area contributed by atoms with Crippen molar-refractivity contribution in [1.82, 2.24) is 20.6 Å². The van der Waals surface area contributed by atoms with Crippen LogP contribution in [0.3, 0.4) is 0 Å². The van der Waals surface area contributed by atoms with Crippen LogP contribution in [0, 0.1) is 0 Å². The van der Waals surface area contributed by atoms with Gasteiger partial charge in [-0.15, -0.1) is 0 Å². The van der Waals surface area contributed by atoms with E-state index in [0.29, 0.717) is 36.8 Å². The minimum atomic E-state index is -0.796. The zero-order valence-corrected chi connectivity index (χ0v) is 21.6. The van der Waals surface area contributed by atoms with E-state index in [9.17, 15) is 14.4 Å². The Bertz CT molecular complexity index is 1200. The standard InChI is InChI=1S/C24H31ClN8O4/c1-24(2,3)37-22(36)13-6-4-12(5-7-13)20(34)29-14-8-10-15(11-9-14)30-23(28)33-21(35)16-18(26)32-19(27)17(25)31-16/h4-7,14-15H,8-11H2,1-3H3,(H,29,34)(H4,26,27,32)(H3,28,30,33,35)/t14-,15-. The van der Waals surface area contributed by atoms with Gasteiger partial charge in [0.2, 0.25) is 0 Å². The third-order valence-corrected chi connectivity index (χ3v) is 5.80. The average molecular weight is 531 g/mol. The van der Waals surface area contributed by atoms with Crippen LogP contribution in [-0.2, 0) is 4.74 Å². The zero-order valence-electron chi connectivity index (χ0n) is 20.9. The summed E-state index contributed by atoms with van der Waals surface area (Å²) in [6.07, 6.45) is 2.80. The van der Waals surface area contributed by atoms with Crippen LogP contribution in [0.5, 0.6) is 0 Å². The number of aliphatic imine (C=N–C) groups is 1. The molecular weight excluding hydrogens is 500 g/mol. The molecule has 8 N–H and O–H groups in total. The first-order chi connectivity index (χ1) is 17.3. The molecule has 1 saturated carbocycles. The number of anilines is 2. The number of carbonyl (C=O) groups is 3. The van der Waals surface area contributed by atoms with E-state index in [1.54, 1.807) is 45.0 Å². The zero-order chi connectivity index (χ0) is 27.3. The predicted octanol–water partition coefficient (Wildman–Crippen LogP) is 2.04. The highest BCUT2D eigenvalue weighted by Crippen LogP contribution is 2.20. The monoisotopic (exact) mass is 530 g/mol. The second-order valence-corrected chi connectivity index (χ2v) is 10.0. The Morgan fingerprint density at radius 2 is 1.49 bits per heavy atom. The lowest BCUT2D eigenvalue weighted by Crippen LogP contribution is -2.46. The molecule has 2 amide bonds. The van der Waals surface area contributed by atoms with Gasteiger partial charge in [-0.05, 0) is 70.7 Å². The topological polar surface area (TPSA) is 201 Å². The van der Waals surface area contributed by atoms with E-state index in [0.717, 1.165) is 0 Å². The van der Waals surface area contributed by atoms with E-state index in [4.69, 9.17) is 33.5 Å². The lowest BCUT2D eigenvalue weighted by atomic mass is 9.91. The van der Waals surface area contributed by atoms with E-state index in [-0.39, 0.29) is 46.4 Å². The number of carbonyl (C=O) groups excluding carboxylic acids is 3. The molecule has 1 aliphatic carbocycles. The van der Waals surface area contributed by atoms with Gasteiger partial charge in [-0.1, -0.05) is 11.6 Å². The van der Waals surface area contributed by atoms with E-state index < -0.39 is 17.5 Å². The Morgan fingerprint density at radius 1 is 0.946 bits per heavy atom. The first kappa shape index (κ1) is 27.7. The molecule has 37 heavy (non-hydrogen) atoms. The molecule has 0 spiro atoms. The molecule has 12 nitrogen and oxygen atoms in total. The van der Waals surface area contributed by atoms with E-state index >= 15 is 0 Å². The molecule has 1 fully saturated rings. The van der Waals surface area contributed by atoms with Crippen LogP contribution in [0.1, 0.15) is 77.7 Å². The van der Waals surface area contributed by atoms with Crippen LogP contribution in [0.2, 0.25) is 5.15 Å². The molecule has 1 aromatic heterocycles. The van der Waals surface area contributed by atoms with E-state index in [2.05, 4.69) is 25.6 Å². The number of guanidine groups is 1. The Balaban J connectivity index is 1.49. The lowest BCUT2D eigenvalue weighted by Gasteiger charge is -2.30. The van der Waals surface area contributed by atoms with E-state index in [1.807, 2.05) is 0 Å². The molecule has 13 heteroatoms. The van der Waals surface area contributed by atoms with Gasteiger partial charge < -0.3 is 32.6 Å². The van der Waals surface area contributed by atoms with Gasteiger partial charge in [0, 0.05) is 17.6 Å². The second kappa shape index (κ2) is 11.4. The first-order valence-corrected chi connectivity index (χ1v) is 12.1. The van der Waals surface area contributed by atoms with Crippen LogP contribution in [0.15, 0.2) is 29.3 Å². The third kappa shape index (κ3) is 7.78. The number of aromatic nitrogens is 2. The molecule has 1 aromatic carbocycles. The van der Waals surface area contributed by atoms with Gasteiger partial charge in [0.15, 0.2) is 28.4 Å². The van der Waals surface area contributed by atoms with Gasteiger partial charge in [0.05, 0.1) is 5.56 Å². The van der Waals surface area contributed by atoms with Crippen LogP contribution < -0.4 is 27.8 Å². The molecule has 1 heterocycles. The number of esters is 1. The van der Waals surface area contributed by atoms with Crippen LogP contribution in [-0.4, -0.2) is 51.4 Å². The molecule has 0 saturated heterocycles. The molecule has 198 valence electrons. The summed E-state index contributed by atoms with van der Waals surface area (Å²) in [6, 6.07) is 6.29. The average Bonchev–Trinajstić information content (AvgIpc) is 2.81. The molecule has 0 atom stereocenters. The van der Waals surface area contributed by atoms with Gasteiger partial charge in [-0.2, -0.15) is 4.99 Å². The van der Waals surface area contributed by atoms with Crippen molar-refractivity contribution >= 4 is 47.0 Å². The minimum absolute atomic E-state index is 0.0251. The number of hydrogen-bond donors (Lipinski definition) is 5. The normalized spacial score (nSPS) is 18.1. The summed E-state index contributed by atoms with van der Waals surface area (Å²) in [7, 11) is 0. The predicted molar refractivity (Wildman–Crippen MR) is 140 cm³/mol. The van der Waals surface area contributed by atoms with Gasteiger partial charge in [0.25, 0.3) is 5.91 Å². The molecule has 0 aliphatic heterocycles.